The highest BCUT2D eigenvalue weighted by Gasteiger charge is 2.52. The van der Waals surface area contributed by atoms with Gasteiger partial charge in [-0.3, -0.25) is 4.79 Å². The number of phenolic OH excluding ortho intramolecular Hbond substituents is 3. The van der Waals surface area contributed by atoms with Crippen LogP contribution in [-0.4, -0.2) is 127 Å². The van der Waals surface area contributed by atoms with E-state index in [2.05, 4.69) is 0 Å². The number of carbonyl (C=O) groups is 1. The van der Waals surface area contributed by atoms with Gasteiger partial charge in [0.15, 0.2) is 11.7 Å². The maximum Gasteiger partial charge on any atom is 0.330 e. The minimum absolute atomic E-state index is 0.0185. The van der Waals surface area contributed by atoms with Crippen LogP contribution in [0, 0.1) is 0 Å². The number of phenols is 3. The normalized spacial score (nSPS) is 28.6. The van der Waals surface area contributed by atoms with Gasteiger partial charge in [-0.1, -0.05) is 12.1 Å². The number of aliphatic hydroxyl groups is 6. The number of rotatable bonds is 10. The van der Waals surface area contributed by atoms with Crippen molar-refractivity contribution in [3.05, 3.63) is 88.1 Å². The molecule has 0 aliphatic carbocycles. The van der Waals surface area contributed by atoms with E-state index < -0.39 is 91.6 Å². The Hall–Kier alpha value is -5.08. The summed E-state index contributed by atoms with van der Waals surface area (Å²) in [6.45, 7) is -1.47. The first-order valence-corrected chi connectivity index (χ1v) is 16.6. The lowest BCUT2D eigenvalue weighted by atomic mass is 9.89. The smallest absolute Gasteiger partial charge is 0.330 e. The minimum Gasteiger partial charge on any atom is -0.508 e. The summed E-state index contributed by atoms with van der Waals surface area (Å²) in [4.78, 5) is 25.9. The van der Waals surface area contributed by atoms with Crippen LogP contribution in [0.5, 0.6) is 23.0 Å². The zero-order chi connectivity index (χ0) is 38.8. The van der Waals surface area contributed by atoms with Crippen molar-refractivity contribution in [1.29, 1.82) is 0 Å². The van der Waals surface area contributed by atoms with Crippen molar-refractivity contribution in [3.8, 4) is 34.3 Å². The highest BCUT2D eigenvalue weighted by molar-refractivity contribution is 5.88. The van der Waals surface area contributed by atoms with Gasteiger partial charge in [0.25, 0.3) is 0 Å². The molecule has 17 nitrogen and oxygen atoms in total. The number of esters is 1. The predicted molar refractivity (Wildman–Crippen MR) is 184 cm³/mol. The Bertz CT molecular complexity index is 2030. The Kier molecular flexibility index (Phi) is 11.5. The Balaban J connectivity index is 1.29. The van der Waals surface area contributed by atoms with E-state index in [0.717, 1.165) is 12.1 Å². The molecule has 2 aliphatic rings. The SMILES string of the molecule is COc1cc2oc(-c3ccc(O)cc3)cc(=O)c2c(O)c1C1OC(CO)C(O)C(O)C1OC1OC(COC(=O)/C=C/c2ccc(O)cc2)C(O)C(O)C1O. The molecule has 9 N–H and O–H groups in total. The fourth-order valence-electron chi connectivity index (χ4n) is 6.27. The van der Waals surface area contributed by atoms with Gasteiger partial charge in [0.05, 0.1) is 19.3 Å². The number of hydrogen-bond donors (Lipinski definition) is 9. The lowest BCUT2D eigenvalue weighted by molar-refractivity contribution is -0.342. The summed E-state index contributed by atoms with van der Waals surface area (Å²) in [7, 11) is 1.22. The number of carbonyl (C=O) groups excluding carboxylic acids is 1. The van der Waals surface area contributed by atoms with Crippen molar-refractivity contribution in [2.45, 2.75) is 61.2 Å². The van der Waals surface area contributed by atoms with Crippen molar-refractivity contribution >= 4 is 23.0 Å². The molecule has 0 bridgehead atoms. The molecular formula is C37H38O17. The number of aliphatic hydroxyl groups excluding tert-OH is 6. The van der Waals surface area contributed by atoms with E-state index in [9.17, 15) is 55.5 Å². The molecule has 3 heterocycles. The first-order chi connectivity index (χ1) is 25.8. The van der Waals surface area contributed by atoms with Gasteiger partial charge in [-0.15, -0.1) is 0 Å². The quantitative estimate of drug-likeness (QED) is 0.0772. The molecule has 0 saturated carbocycles. The minimum atomic E-state index is -1.99. The monoisotopic (exact) mass is 754 g/mol. The molecule has 1 aromatic heterocycles. The van der Waals surface area contributed by atoms with E-state index in [4.69, 9.17) is 28.1 Å². The summed E-state index contributed by atoms with van der Waals surface area (Å²) in [5.41, 5.74) is -0.145. The molecule has 6 rings (SSSR count). The van der Waals surface area contributed by atoms with E-state index in [1.807, 2.05) is 0 Å². The predicted octanol–water partition coefficient (Wildman–Crippen LogP) is 0.189. The van der Waals surface area contributed by atoms with Crippen LogP contribution in [0.25, 0.3) is 28.4 Å². The molecule has 2 fully saturated rings. The first-order valence-electron chi connectivity index (χ1n) is 16.6. The lowest BCUT2D eigenvalue weighted by Crippen LogP contribution is -2.63. The average molecular weight is 755 g/mol. The Labute approximate surface area is 305 Å². The van der Waals surface area contributed by atoms with Gasteiger partial charge < -0.3 is 74.1 Å². The summed E-state index contributed by atoms with van der Waals surface area (Å²) in [6.07, 6.45) is -15.3. The van der Waals surface area contributed by atoms with Crippen LogP contribution in [0.2, 0.25) is 0 Å². The molecule has 2 aliphatic heterocycles. The third kappa shape index (κ3) is 7.76. The molecule has 10 atom stereocenters. The van der Waals surface area contributed by atoms with Gasteiger partial charge in [0.2, 0.25) is 0 Å². The molecule has 4 aromatic rings. The summed E-state index contributed by atoms with van der Waals surface area (Å²) in [5.74, 6) is -1.66. The summed E-state index contributed by atoms with van der Waals surface area (Å²) in [5, 5.41) is 94.7. The highest BCUT2D eigenvalue weighted by Crippen LogP contribution is 2.46. The number of aromatic hydroxyl groups is 3. The zero-order valence-electron chi connectivity index (χ0n) is 28.4. The largest absolute Gasteiger partial charge is 0.508 e. The second-order valence-corrected chi connectivity index (χ2v) is 12.7. The van der Waals surface area contributed by atoms with Crippen LogP contribution in [0.15, 0.2) is 76.0 Å². The summed E-state index contributed by atoms with van der Waals surface area (Å²) >= 11 is 0. The summed E-state index contributed by atoms with van der Waals surface area (Å²) in [6, 6.07) is 14.1. The summed E-state index contributed by atoms with van der Waals surface area (Å²) < 4.78 is 34.1. The van der Waals surface area contributed by atoms with Crippen LogP contribution < -0.4 is 10.2 Å². The van der Waals surface area contributed by atoms with Crippen LogP contribution in [0.1, 0.15) is 17.2 Å². The maximum absolute atomic E-state index is 13.4. The number of methoxy groups -OCH3 is 1. The van der Waals surface area contributed by atoms with Gasteiger partial charge in [-0.2, -0.15) is 0 Å². The van der Waals surface area contributed by atoms with Crippen molar-refractivity contribution in [2.75, 3.05) is 20.3 Å². The van der Waals surface area contributed by atoms with Gasteiger partial charge in [0.1, 0.15) is 101 Å². The molecule has 17 heteroatoms. The number of ether oxygens (including phenoxy) is 5. The average Bonchev–Trinajstić information content (AvgIpc) is 3.16. The van der Waals surface area contributed by atoms with Gasteiger partial charge in [0, 0.05) is 23.8 Å². The standard InChI is InChI=1S/C37H38O17/c1-49-22-13-23-27(20(41)12-21(51-23)17-5-9-19(40)10-6-17)31(45)28(22)35-36(33(47)29(43)24(14-38)52-35)54-37-34(48)32(46)30(44)25(53-37)15-50-26(42)11-4-16-2-7-18(39)8-3-16/h2-13,24-25,29-30,32-40,43-48H,14-15H2,1H3/b11-4+. The molecule has 0 amide bonds. The Morgan fingerprint density at radius 1 is 0.815 bits per heavy atom. The topological polar surface area (TPSA) is 275 Å². The molecule has 10 unspecified atom stereocenters. The van der Waals surface area contributed by atoms with Crippen molar-refractivity contribution < 1.29 is 78.9 Å². The molecule has 2 saturated heterocycles. The molecule has 0 radical (unpaired) electrons. The van der Waals surface area contributed by atoms with Gasteiger partial charge in [-0.05, 0) is 48.0 Å². The third-order valence-corrected chi connectivity index (χ3v) is 9.17. The number of benzene rings is 3. The first kappa shape index (κ1) is 38.6. The van der Waals surface area contributed by atoms with E-state index >= 15 is 0 Å². The molecular weight excluding hydrogens is 716 g/mol. The highest BCUT2D eigenvalue weighted by atomic mass is 16.7. The van der Waals surface area contributed by atoms with E-state index in [1.165, 1.54) is 55.7 Å². The van der Waals surface area contributed by atoms with Crippen LogP contribution in [0.4, 0.5) is 0 Å². The van der Waals surface area contributed by atoms with Crippen LogP contribution in [0.3, 0.4) is 0 Å². The van der Waals surface area contributed by atoms with E-state index in [1.54, 1.807) is 12.1 Å². The van der Waals surface area contributed by atoms with E-state index in [0.29, 0.717) is 11.1 Å². The number of hydrogen-bond acceptors (Lipinski definition) is 17. The second-order valence-electron chi connectivity index (χ2n) is 12.7. The van der Waals surface area contributed by atoms with Crippen LogP contribution in [-0.2, 0) is 23.7 Å². The second kappa shape index (κ2) is 16.1. The van der Waals surface area contributed by atoms with E-state index in [-0.39, 0.29) is 39.5 Å². The zero-order valence-corrected chi connectivity index (χ0v) is 28.4. The maximum atomic E-state index is 13.4. The number of fused-ring (bicyclic) bond motifs is 1. The Morgan fingerprint density at radius 2 is 1.46 bits per heavy atom. The Morgan fingerprint density at radius 3 is 2.11 bits per heavy atom. The molecule has 54 heavy (non-hydrogen) atoms. The van der Waals surface area contributed by atoms with Crippen LogP contribution >= 0.6 is 0 Å². The fourth-order valence-corrected chi connectivity index (χ4v) is 6.27. The lowest BCUT2D eigenvalue weighted by Gasteiger charge is -2.46. The fraction of sp³-hybridized carbons (Fsp3) is 0.351. The molecule has 288 valence electrons. The third-order valence-electron chi connectivity index (χ3n) is 9.17. The molecule has 3 aromatic carbocycles. The van der Waals surface area contributed by atoms with Crippen molar-refractivity contribution in [1.82, 2.24) is 0 Å². The van der Waals surface area contributed by atoms with Gasteiger partial charge >= 0.3 is 5.97 Å². The molecule has 0 spiro atoms. The van der Waals surface area contributed by atoms with Crippen molar-refractivity contribution in [2.24, 2.45) is 0 Å². The van der Waals surface area contributed by atoms with Gasteiger partial charge in [-0.25, -0.2) is 4.79 Å². The van der Waals surface area contributed by atoms with Crippen molar-refractivity contribution in [3.63, 3.8) is 0 Å².